The Kier molecular flexibility index (Phi) is 2.85. The molecule has 1 aromatic carbocycles. The Hall–Kier alpha value is -0.850. The van der Waals surface area contributed by atoms with E-state index in [0.29, 0.717) is 4.32 Å². The van der Waals surface area contributed by atoms with Crippen molar-refractivity contribution < 1.29 is 0 Å². The fourth-order valence-corrected chi connectivity index (χ4v) is 1.96. The van der Waals surface area contributed by atoms with Crippen molar-refractivity contribution in [2.45, 2.75) is 0 Å². The van der Waals surface area contributed by atoms with Gasteiger partial charge in [-0.05, 0) is 12.1 Å². The molecular formula is C8H7N3S3. The first kappa shape index (κ1) is 9.70. The molecule has 6 heteroatoms. The number of thiocarbonyl (C=S) groups is 1. The number of nitrogens with one attached hydrogen (secondary N) is 2. The number of benzene rings is 1. The second-order valence-electron chi connectivity index (χ2n) is 2.54. The number of hydrogen-bond acceptors (Lipinski definition) is 4. The van der Waals surface area contributed by atoms with Gasteiger partial charge in [0.1, 0.15) is 4.32 Å². The molecule has 2 N–H and O–H groups in total. The molecule has 0 amide bonds. The van der Waals surface area contributed by atoms with Crippen LogP contribution in [0.3, 0.4) is 0 Å². The standard InChI is InChI=1S/C8H7N3S3/c12-8(13)11-10-7-9-5-3-1-2-4-6(5)14-7/h1-4H,(H,9,10)(H2,11,12,13). The third kappa shape index (κ3) is 2.14. The minimum absolute atomic E-state index is 0.393. The molecule has 1 aromatic heterocycles. The molecule has 0 fully saturated rings. The molecule has 0 radical (unpaired) electrons. The van der Waals surface area contributed by atoms with Gasteiger partial charge in [-0.25, -0.2) is 4.98 Å². The van der Waals surface area contributed by atoms with Gasteiger partial charge in [-0.15, -0.1) is 12.6 Å². The van der Waals surface area contributed by atoms with Crippen molar-refractivity contribution in [2.24, 2.45) is 0 Å². The molecule has 2 aromatic rings. The highest BCUT2D eigenvalue weighted by Gasteiger charge is 2.01. The minimum atomic E-state index is 0.393. The van der Waals surface area contributed by atoms with E-state index in [-0.39, 0.29) is 0 Å². The summed E-state index contributed by atoms with van der Waals surface area (Å²) < 4.78 is 1.53. The van der Waals surface area contributed by atoms with E-state index in [9.17, 15) is 0 Å². The van der Waals surface area contributed by atoms with Gasteiger partial charge in [-0.2, -0.15) is 0 Å². The molecule has 0 aliphatic heterocycles. The lowest BCUT2D eigenvalue weighted by Crippen LogP contribution is -2.23. The van der Waals surface area contributed by atoms with Crippen molar-refractivity contribution in [3.63, 3.8) is 0 Å². The van der Waals surface area contributed by atoms with Crippen LogP contribution in [-0.4, -0.2) is 9.30 Å². The molecular weight excluding hydrogens is 234 g/mol. The second kappa shape index (κ2) is 4.12. The topological polar surface area (TPSA) is 37.0 Å². The number of thiol groups is 1. The second-order valence-corrected chi connectivity index (χ2v) is 4.73. The van der Waals surface area contributed by atoms with Gasteiger partial charge in [-0.1, -0.05) is 35.7 Å². The largest absolute Gasteiger partial charge is 0.283 e. The molecule has 0 unspecified atom stereocenters. The van der Waals surface area contributed by atoms with Crippen LogP contribution >= 0.6 is 36.2 Å². The van der Waals surface area contributed by atoms with Crippen LogP contribution in [-0.2, 0) is 0 Å². The Morgan fingerprint density at radius 2 is 2.21 bits per heavy atom. The summed E-state index contributed by atoms with van der Waals surface area (Å²) in [6.45, 7) is 0. The molecule has 72 valence electrons. The van der Waals surface area contributed by atoms with Crippen LogP contribution in [0.5, 0.6) is 0 Å². The average molecular weight is 241 g/mol. The maximum absolute atomic E-state index is 4.74. The third-order valence-corrected chi connectivity index (χ3v) is 2.74. The molecule has 2 rings (SSSR count). The van der Waals surface area contributed by atoms with E-state index in [0.717, 1.165) is 15.3 Å². The molecule has 0 saturated carbocycles. The summed E-state index contributed by atoms with van der Waals surface area (Å²) in [6, 6.07) is 7.94. The van der Waals surface area contributed by atoms with Gasteiger partial charge in [0, 0.05) is 0 Å². The first-order chi connectivity index (χ1) is 6.75. The van der Waals surface area contributed by atoms with Crippen LogP contribution in [0.4, 0.5) is 5.13 Å². The SMILES string of the molecule is S=C(S)NNc1nc2ccccc2s1. The first-order valence-electron chi connectivity index (χ1n) is 3.86. The summed E-state index contributed by atoms with van der Waals surface area (Å²) >= 11 is 10.2. The van der Waals surface area contributed by atoms with Crippen LogP contribution in [0.25, 0.3) is 10.2 Å². The van der Waals surface area contributed by atoms with Gasteiger partial charge in [-0.3, -0.25) is 10.9 Å². The molecule has 1 heterocycles. The van der Waals surface area contributed by atoms with Crippen LogP contribution < -0.4 is 10.9 Å². The summed E-state index contributed by atoms with van der Waals surface area (Å²) in [5.74, 6) is 0. The van der Waals surface area contributed by atoms with Gasteiger partial charge in [0.15, 0.2) is 0 Å². The third-order valence-electron chi connectivity index (χ3n) is 1.57. The lowest BCUT2D eigenvalue weighted by atomic mass is 10.3. The highest BCUT2D eigenvalue weighted by atomic mass is 32.1. The number of nitrogens with zero attached hydrogens (tertiary/aromatic N) is 1. The molecule has 0 aliphatic carbocycles. The van der Waals surface area contributed by atoms with Gasteiger partial charge in [0.2, 0.25) is 5.13 Å². The van der Waals surface area contributed by atoms with Gasteiger partial charge in [0.05, 0.1) is 10.2 Å². The smallest absolute Gasteiger partial charge is 0.202 e. The maximum Gasteiger partial charge on any atom is 0.202 e. The monoisotopic (exact) mass is 241 g/mol. The van der Waals surface area contributed by atoms with Crippen molar-refractivity contribution in [3.8, 4) is 0 Å². The summed E-state index contributed by atoms with van der Waals surface area (Å²) in [5.41, 5.74) is 6.57. The van der Waals surface area contributed by atoms with Crippen molar-refractivity contribution in [1.29, 1.82) is 0 Å². The number of fused-ring (bicyclic) bond motifs is 1. The molecule has 3 nitrogen and oxygen atoms in total. The molecule has 0 saturated heterocycles. The van der Waals surface area contributed by atoms with E-state index < -0.39 is 0 Å². The number of thiazole rings is 1. The Labute approximate surface area is 95.9 Å². The highest BCUT2D eigenvalue weighted by Crippen LogP contribution is 2.24. The highest BCUT2D eigenvalue weighted by molar-refractivity contribution is 8.11. The Bertz CT molecular complexity index is 433. The zero-order chi connectivity index (χ0) is 9.97. The van der Waals surface area contributed by atoms with Crippen molar-refractivity contribution in [1.82, 2.24) is 10.4 Å². The average Bonchev–Trinajstić information content (AvgIpc) is 2.57. The normalized spacial score (nSPS) is 10.1. The molecule has 14 heavy (non-hydrogen) atoms. The zero-order valence-corrected chi connectivity index (χ0v) is 9.55. The number of para-hydroxylation sites is 1. The van der Waals surface area contributed by atoms with Crippen LogP contribution in [0.1, 0.15) is 0 Å². The summed E-state index contributed by atoms with van der Waals surface area (Å²) in [7, 11) is 0. The van der Waals surface area contributed by atoms with Crippen LogP contribution in [0, 0.1) is 0 Å². The predicted molar refractivity (Wildman–Crippen MR) is 68.0 cm³/mol. The van der Waals surface area contributed by atoms with E-state index in [1.807, 2.05) is 24.3 Å². The molecule has 0 aliphatic rings. The Morgan fingerprint density at radius 3 is 2.93 bits per heavy atom. The van der Waals surface area contributed by atoms with Gasteiger partial charge >= 0.3 is 0 Å². The first-order valence-corrected chi connectivity index (χ1v) is 5.53. The van der Waals surface area contributed by atoms with Crippen molar-refractivity contribution in [3.05, 3.63) is 24.3 Å². The zero-order valence-electron chi connectivity index (χ0n) is 7.02. The van der Waals surface area contributed by atoms with Gasteiger partial charge < -0.3 is 0 Å². The van der Waals surface area contributed by atoms with Crippen molar-refractivity contribution >= 4 is 55.9 Å². The Morgan fingerprint density at radius 1 is 1.43 bits per heavy atom. The number of rotatable bonds is 2. The van der Waals surface area contributed by atoms with E-state index in [4.69, 9.17) is 12.2 Å². The predicted octanol–water partition coefficient (Wildman–Crippen LogP) is 2.43. The van der Waals surface area contributed by atoms with Crippen molar-refractivity contribution in [2.75, 3.05) is 5.43 Å². The Balaban J connectivity index is 2.22. The summed E-state index contributed by atoms with van der Waals surface area (Å²) in [5, 5.41) is 0.780. The summed E-state index contributed by atoms with van der Waals surface area (Å²) in [4.78, 5) is 4.34. The molecule has 0 spiro atoms. The molecule has 0 atom stereocenters. The lowest BCUT2D eigenvalue weighted by Gasteiger charge is -2.01. The summed E-state index contributed by atoms with van der Waals surface area (Å²) in [6.07, 6.45) is 0. The van der Waals surface area contributed by atoms with E-state index in [1.54, 1.807) is 11.3 Å². The lowest BCUT2D eigenvalue weighted by molar-refractivity contribution is 1.15. The van der Waals surface area contributed by atoms with E-state index in [1.165, 1.54) is 0 Å². The maximum atomic E-state index is 4.74. The molecule has 0 bridgehead atoms. The fraction of sp³-hybridized carbons (Fsp3) is 0. The quantitative estimate of drug-likeness (QED) is 0.429. The number of anilines is 1. The van der Waals surface area contributed by atoms with Crippen LogP contribution in [0.15, 0.2) is 24.3 Å². The minimum Gasteiger partial charge on any atom is -0.283 e. The number of hydrazine groups is 1. The number of hydrogen-bond donors (Lipinski definition) is 3. The van der Waals surface area contributed by atoms with Gasteiger partial charge in [0.25, 0.3) is 0 Å². The van der Waals surface area contributed by atoms with E-state index >= 15 is 0 Å². The fourth-order valence-electron chi connectivity index (χ4n) is 1.03. The number of aromatic nitrogens is 1. The van der Waals surface area contributed by atoms with E-state index in [2.05, 4.69) is 28.5 Å². The van der Waals surface area contributed by atoms with Crippen LogP contribution in [0.2, 0.25) is 0 Å².